The minimum Gasteiger partial charge on any atom is -0.379 e. The third-order valence-electron chi connectivity index (χ3n) is 5.86. The van der Waals surface area contributed by atoms with Crippen molar-refractivity contribution in [1.29, 1.82) is 0 Å². The summed E-state index contributed by atoms with van der Waals surface area (Å²) in [5.74, 6) is -0.484. The van der Waals surface area contributed by atoms with Gasteiger partial charge in [0, 0.05) is 36.2 Å². The highest BCUT2D eigenvalue weighted by Gasteiger charge is 2.27. The fourth-order valence-electron chi connectivity index (χ4n) is 3.92. The van der Waals surface area contributed by atoms with E-state index in [0.29, 0.717) is 31.6 Å². The van der Waals surface area contributed by atoms with Crippen molar-refractivity contribution in [2.45, 2.75) is 30.7 Å². The molecule has 3 aromatic rings. The van der Waals surface area contributed by atoms with Crippen molar-refractivity contribution >= 4 is 26.8 Å². The first-order valence-electron chi connectivity index (χ1n) is 11.0. The number of H-pyrrole nitrogens is 1. The summed E-state index contributed by atoms with van der Waals surface area (Å²) in [6.45, 7) is 3.16. The Kier molecular flexibility index (Phi) is 6.92. The van der Waals surface area contributed by atoms with Gasteiger partial charge >= 0.3 is 0 Å². The van der Waals surface area contributed by atoms with Gasteiger partial charge in [0.05, 0.1) is 18.1 Å². The maximum Gasteiger partial charge on any atom is 0.256 e. The Morgan fingerprint density at radius 3 is 2.58 bits per heavy atom. The summed E-state index contributed by atoms with van der Waals surface area (Å²) in [4.78, 5) is 29.0. The number of benzene rings is 2. The smallest absolute Gasteiger partial charge is 0.256 e. The van der Waals surface area contributed by atoms with Crippen LogP contribution in [0.15, 0.2) is 64.4 Å². The number of aromatic nitrogens is 1. The van der Waals surface area contributed by atoms with Crippen LogP contribution >= 0.6 is 0 Å². The Labute approximate surface area is 192 Å². The number of carbonyl (C=O) groups excluding carboxylic acids is 1. The molecular formula is C24H27N3O5S. The minimum absolute atomic E-state index is 0.0236. The zero-order chi connectivity index (χ0) is 23.4. The van der Waals surface area contributed by atoms with Crippen molar-refractivity contribution in [1.82, 2.24) is 14.6 Å². The van der Waals surface area contributed by atoms with Gasteiger partial charge in [-0.15, -0.1) is 0 Å². The van der Waals surface area contributed by atoms with Crippen molar-refractivity contribution in [3.63, 3.8) is 0 Å². The van der Waals surface area contributed by atoms with E-state index in [0.717, 1.165) is 5.56 Å². The molecule has 0 spiro atoms. The lowest BCUT2D eigenvalue weighted by Crippen LogP contribution is -2.40. The minimum atomic E-state index is -3.76. The molecule has 0 radical (unpaired) electrons. The van der Waals surface area contributed by atoms with Crippen LogP contribution in [-0.2, 0) is 21.2 Å². The molecule has 0 saturated carbocycles. The van der Waals surface area contributed by atoms with Crippen LogP contribution in [0.5, 0.6) is 0 Å². The number of pyridine rings is 1. The van der Waals surface area contributed by atoms with Gasteiger partial charge in [-0.05, 0) is 36.6 Å². The van der Waals surface area contributed by atoms with Crippen LogP contribution in [0, 0.1) is 0 Å². The molecule has 2 N–H and O–H groups in total. The molecule has 33 heavy (non-hydrogen) atoms. The first-order chi connectivity index (χ1) is 15.9. The lowest BCUT2D eigenvalue weighted by molar-refractivity contribution is 0.0730. The standard InChI is InChI=1S/C24H27N3O5S/c1-2-18(14-17-6-4-3-5-7-17)26-24(29)21-16-25-22-9-8-19(15-20(22)23(21)28)33(30,31)27-10-12-32-13-11-27/h3-9,15-16,18H,2,10-14H2,1H3,(H,25,28)(H,26,29)/t18-/m1/s1. The van der Waals surface area contributed by atoms with Gasteiger partial charge in [0.25, 0.3) is 5.91 Å². The number of nitrogens with zero attached hydrogens (tertiary/aromatic N) is 1. The molecule has 1 aliphatic heterocycles. The molecule has 0 unspecified atom stereocenters. The number of hydrogen-bond acceptors (Lipinski definition) is 5. The number of carbonyl (C=O) groups is 1. The highest BCUT2D eigenvalue weighted by molar-refractivity contribution is 7.89. The zero-order valence-corrected chi connectivity index (χ0v) is 19.2. The van der Waals surface area contributed by atoms with Gasteiger partial charge in [0.1, 0.15) is 5.56 Å². The quantitative estimate of drug-likeness (QED) is 0.552. The number of ether oxygens (including phenoxy) is 1. The summed E-state index contributed by atoms with van der Waals surface area (Å²) in [5, 5.41) is 3.09. The van der Waals surface area contributed by atoms with Gasteiger partial charge in [-0.25, -0.2) is 8.42 Å². The van der Waals surface area contributed by atoms with Gasteiger partial charge in [0.15, 0.2) is 0 Å². The number of aromatic amines is 1. The molecule has 1 saturated heterocycles. The van der Waals surface area contributed by atoms with Crippen LogP contribution in [0.4, 0.5) is 0 Å². The van der Waals surface area contributed by atoms with E-state index in [4.69, 9.17) is 4.74 Å². The van der Waals surface area contributed by atoms with Gasteiger partial charge < -0.3 is 15.0 Å². The van der Waals surface area contributed by atoms with Crippen molar-refractivity contribution in [3.8, 4) is 0 Å². The molecule has 8 nitrogen and oxygen atoms in total. The van der Waals surface area contributed by atoms with E-state index in [9.17, 15) is 18.0 Å². The second-order valence-electron chi connectivity index (χ2n) is 8.02. The van der Waals surface area contributed by atoms with E-state index in [1.54, 1.807) is 6.07 Å². The number of morpholine rings is 1. The molecule has 1 atom stereocenters. The summed E-state index contributed by atoms with van der Waals surface area (Å²) in [6.07, 6.45) is 2.73. The molecule has 2 heterocycles. The number of hydrogen-bond donors (Lipinski definition) is 2. The first kappa shape index (κ1) is 23.2. The fraction of sp³-hybridized carbons (Fsp3) is 0.333. The Morgan fingerprint density at radius 1 is 1.15 bits per heavy atom. The second kappa shape index (κ2) is 9.86. The summed E-state index contributed by atoms with van der Waals surface area (Å²) in [7, 11) is -3.76. The highest BCUT2D eigenvalue weighted by atomic mass is 32.2. The molecule has 4 rings (SSSR count). The topological polar surface area (TPSA) is 109 Å². The average molecular weight is 470 g/mol. The van der Waals surface area contributed by atoms with Crippen LogP contribution in [0.2, 0.25) is 0 Å². The normalized spacial score (nSPS) is 15.9. The third-order valence-corrected chi connectivity index (χ3v) is 7.75. The second-order valence-corrected chi connectivity index (χ2v) is 9.96. The molecule has 174 valence electrons. The van der Waals surface area contributed by atoms with E-state index in [2.05, 4.69) is 10.3 Å². The van der Waals surface area contributed by atoms with Crippen LogP contribution in [0.1, 0.15) is 29.3 Å². The maximum atomic E-state index is 13.1. The van der Waals surface area contributed by atoms with Crippen LogP contribution in [0.25, 0.3) is 10.9 Å². The highest BCUT2D eigenvalue weighted by Crippen LogP contribution is 2.20. The van der Waals surface area contributed by atoms with Gasteiger partial charge in [-0.1, -0.05) is 37.3 Å². The molecule has 0 bridgehead atoms. The first-order valence-corrected chi connectivity index (χ1v) is 12.4. The summed E-state index contributed by atoms with van der Waals surface area (Å²) < 4.78 is 32.6. The summed E-state index contributed by atoms with van der Waals surface area (Å²) >= 11 is 0. The maximum absolute atomic E-state index is 13.1. The van der Waals surface area contributed by atoms with Crippen molar-refractivity contribution in [2.75, 3.05) is 26.3 Å². The summed E-state index contributed by atoms with van der Waals surface area (Å²) in [5.41, 5.74) is 1.01. The zero-order valence-electron chi connectivity index (χ0n) is 18.4. The van der Waals surface area contributed by atoms with Crippen molar-refractivity contribution < 1.29 is 17.9 Å². The van der Waals surface area contributed by atoms with Gasteiger partial charge in [0.2, 0.25) is 15.5 Å². The lowest BCUT2D eigenvalue weighted by atomic mass is 10.0. The molecule has 1 fully saturated rings. The lowest BCUT2D eigenvalue weighted by Gasteiger charge is -2.26. The van der Waals surface area contributed by atoms with Gasteiger partial charge in [-0.2, -0.15) is 4.31 Å². The number of nitrogens with one attached hydrogen (secondary N) is 2. The Bertz CT molecular complexity index is 1300. The summed E-state index contributed by atoms with van der Waals surface area (Å²) in [6, 6.07) is 14.0. The monoisotopic (exact) mass is 469 g/mol. The van der Waals surface area contributed by atoms with E-state index >= 15 is 0 Å². The van der Waals surface area contributed by atoms with E-state index in [1.165, 1.54) is 22.6 Å². The predicted octanol–water partition coefficient (Wildman–Crippen LogP) is 2.30. The molecule has 9 heteroatoms. The number of fused-ring (bicyclic) bond motifs is 1. The van der Waals surface area contributed by atoms with E-state index < -0.39 is 21.4 Å². The fourth-order valence-corrected chi connectivity index (χ4v) is 5.36. The number of sulfonamides is 1. The van der Waals surface area contributed by atoms with Crippen molar-refractivity contribution in [3.05, 3.63) is 76.1 Å². The van der Waals surface area contributed by atoms with Crippen LogP contribution in [-0.4, -0.2) is 56.0 Å². The third kappa shape index (κ3) is 5.00. The molecule has 2 aromatic carbocycles. The van der Waals surface area contributed by atoms with Crippen LogP contribution in [0.3, 0.4) is 0 Å². The Hall–Kier alpha value is -3.01. The largest absolute Gasteiger partial charge is 0.379 e. The molecular weight excluding hydrogens is 442 g/mol. The molecule has 0 aliphatic carbocycles. The van der Waals surface area contributed by atoms with Gasteiger partial charge in [-0.3, -0.25) is 9.59 Å². The van der Waals surface area contributed by atoms with E-state index in [-0.39, 0.29) is 35.0 Å². The Morgan fingerprint density at radius 2 is 1.88 bits per heavy atom. The Balaban J connectivity index is 1.61. The molecule has 1 amide bonds. The number of rotatable bonds is 7. The van der Waals surface area contributed by atoms with Crippen molar-refractivity contribution in [2.24, 2.45) is 0 Å². The predicted molar refractivity (Wildman–Crippen MR) is 126 cm³/mol. The average Bonchev–Trinajstić information content (AvgIpc) is 2.84. The van der Waals surface area contributed by atoms with E-state index in [1.807, 2.05) is 37.3 Å². The molecule has 1 aliphatic rings. The number of amides is 1. The molecule has 1 aromatic heterocycles. The van der Waals surface area contributed by atoms with Crippen LogP contribution < -0.4 is 10.7 Å². The SMILES string of the molecule is CC[C@H](Cc1ccccc1)NC(=O)c1c[nH]c2ccc(S(=O)(=O)N3CCOCC3)cc2c1=O.